The molecule has 0 saturated heterocycles. The minimum absolute atomic E-state index is 0.0631. The number of carbonyl (C=O) groups is 1. The summed E-state index contributed by atoms with van der Waals surface area (Å²) in [4.78, 5) is 28.6. The molecule has 0 atom stereocenters. The second kappa shape index (κ2) is 5.61. The molecule has 124 valence electrons. The van der Waals surface area contributed by atoms with Gasteiger partial charge in [-0.3, -0.25) is 14.7 Å². The van der Waals surface area contributed by atoms with Gasteiger partial charge in [0, 0.05) is 5.22 Å². The van der Waals surface area contributed by atoms with Crippen molar-refractivity contribution in [3.63, 3.8) is 0 Å². The number of H-pyrrole nitrogens is 1. The summed E-state index contributed by atoms with van der Waals surface area (Å²) in [6.07, 6.45) is 0. The molecule has 25 heavy (non-hydrogen) atoms. The van der Waals surface area contributed by atoms with Crippen LogP contribution in [0.15, 0.2) is 52.3 Å². The molecule has 0 unspecified atom stereocenters. The summed E-state index contributed by atoms with van der Waals surface area (Å²) in [6, 6.07) is 11.4. The molecule has 8 heteroatoms. The van der Waals surface area contributed by atoms with E-state index in [4.69, 9.17) is 23.2 Å². The summed E-state index contributed by atoms with van der Waals surface area (Å²) < 4.78 is 1.14. The van der Waals surface area contributed by atoms with Crippen molar-refractivity contribution in [2.45, 2.75) is 0 Å². The van der Waals surface area contributed by atoms with Crippen molar-refractivity contribution < 1.29 is 9.90 Å². The number of nitrogens with one attached hydrogen (secondary N) is 1. The number of aromatic amines is 1. The lowest BCUT2D eigenvalue weighted by Gasteiger charge is -2.06. The van der Waals surface area contributed by atoms with E-state index in [1.807, 2.05) is 0 Å². The lowest BCUT2D eigenvalue weighted by atomic mass is 10.1. The Bertz CT molecular complexity index is 1220. The maximum Gasteiger partial charge on any atom is 0.279 e. The zero-order chi connectivity index (χ0) is 17.7. The van der Waals surface area contributed by atoms with Crippen LogP contribution in [0.3, 0.4) is 0 Å². The first-order valence-electron chi connectivity index (χ1n) is 7.19. The zero-order valence-electron chi connectivity index (χ0n) is 12.5. The van der Waals surface area contributed by atoms with Gasteiger partial charge in [0.05, 0.1) is 26.7 Å². The lowest BCUT2D eigenvalue weighted by Crippen LogP contribution is -2.24. The van der Waals surface area contributed by atoms with E-state index in [1.54, 1.807) is 30.3 Å². The molecule has 0 aliphatic carbocycles. The summed E-state index contributed by atoms with van der Waals surface area (Å²) in [5.74, 6) is -0.979. The molecule has 4 rings (SSSR count). The number of fused-ring (bicyclic) bond motifs is 1. The van der Waals surface area contributed by atoms with Gasteiger partial charge in [0.15, 0.2) is 0 Å². The number of benzene rings is 2. The molecule has 6 nitrogen and oxygen atoms in total. The molecule has 1 aliphatic rings. The molecule has 0 spiro atoms. The maximum absolute atomic E-state index is 12.4. The Labute approximate surface area is 150 Å². The first-order chi connectivity index (χ1) is 12.0. The Morgan fingerprint density at radius 2 is 1.80 bits per heavy atom. The number of nitrogens with zero attached hydrogens (tertiary/aromatic N) is 2. The SMILES string of the molecule is O=C1N=c2ccccc2=C1c1c(O)n(-c2ccc(Cl)c(Cl)c2)[nH]c1=O. The van der Waals surface area contributed by atoms with Crippen LogP contribution in [-0.4, -0.2) is 20.8 Å². The van der Waals surface area contributed by atoms with Crippen molar-refractivity contribution in [2.75, 3.05) is 0 Å². The Morgan fingerprint density at radius 1 is 1.04 bits per heavy atom. The highest BCUT2D eigenvalue weighted by atomic mass is 35.5. The number of hydrogen-bond acceptors (Lipinski definition) is 3. The molecular weight excluding hydrogens is 365 g/mol. The number of rotatable bonds is 2. The number of aromatic nitrogens is 2. The van der Waals surface area contributed by atoms with Gasteiger partial charge in [0.25, 0.3) is 11.5 Å². The predicted octanol–water partition coefficient (Wildman–Crippen LogP) is 1.54. The quantitative estimate of drug-likeness (QED) is 0.713. The summed E-state index contributed by atoms with van der Waals surface area (Å²) in [6.45, 7) is 0. The number of carbonyl (C=O) groups excluding carboxylic acids is 1. The molecule has 2 aromatic carbocycles. The van der Waals surface area contributed by atoms with Gasteiger partial charge in [-0.05, 0) is 24.3 Å². The molecule has 0 fully saturated rings. The number of hydrogen-bond donors (Lipinski definition) is 2. The van der Waals surface area contributed by atoms with Crippen LogP contribution in [0.2, 0.25) is 10.0 Å². The van der Waals surface area contributed by atoms with E-state index in [1.165, 1.54) is 12.1 Å². The van der Waals surface area contributed by atoms with Crippen molar-refractivity contribution in [1.82, 2.24) is 9.78 Å². The topological polar surface area (TPSA) is 87.4 Å². The van der Waals surface area contributed by atoms with Crippen LogP contribution in [0.25, 0.3) is 11.3 Å². The fourth-order valence-electron chi connectivity index (χ4n) is 2.76. The highest BCUT2D eigenvalue weighted by molar-refractivity contribution is 6.42. The van der Waals surface area contributed by atoms with Crippen molar-refractivity contribution >= 4 is 34.7 Å². The molecular formula is C17H9Cl2N3O3. The monoisotopic (exact) mass is 373 g/mol. The molecule has 1 aliphatic heterocycles. The molecule has 1 amide bonds. The Kier molecular flexibility index (Phi) is 3.52. The van der Waals surface area contributed by atoms with E-state index < -0.39 is 17.3 Å². The largest absolute Gasteiger partial charge is 0.493 e. The highest BCUT2D eigenvalue weighted by Gasteiger charge is 2.27. The van der Waals surface area contributed by atoms with E-state index in [0.717, 1.165) is 4.68 Å². The van der Waals surface area contributed by atoms with E-state index in [9.17, 15) is 14.7 Å². The molecule has 2 N–H and O–H groups in total. The fourth-order valence-corrected chi connectivity index (χ4v) is 3.06. The van der Waals surface area contributed by atoms with E-state index in [-0.39, 0.29) is 16.2 Å². The Balaban J connectivity index is 2.00. The van der Waals surface area contributed by atoms with E-state index in [0.29, 0.717) is 21.3 Å². The van der Waals surface area contributed by atoms with Gasteiger partial charge >= 0.3 is 0 Å². The summed E-state index contributed by atoms with van der Waals surface area (Å²) >= 11 is 11.9. The summed E-state index contributed by atoms with van der Waals surface area (Å²) in [7, 11) is 0. The van der Waals surface area contributed by atoms with Crippen LogP contribution in [0.4, 0.5) is 0 Å². The Morgan fingerprint density at radius 3 is 2.56 bits per heavy atom. The molecule has 1 aromatic heterocycles. The standard InChI is InChI=1S/C17H9Cl2N3O3/c18-10-6-5-8(7-11(10)19)22-17(25)14(16(24)21-22)13-9-3-1-2-4-12(9)20-15(13)23/h1-7,25H,(H,21,24). The van der Waals surface area contributed by atoms with Crippen molar-refractivity contribution in [3.8, 4) is 11.6 Å². The van der Waals surface area contributed by atoms with Crippen molar-refractivity contribution in [2.24, 2.45) is 4.99 Å². The first kappa shape index (κ1) is 15.7. The van der Waals surface area contributed by atoms with Gasteiger partial charge in [-0.15, -0.1) is 0 Å². The predicted molar refractivity (Wildman–Crippen MR) is 92.8 cm³/mol. The maximum atomic E-state index is 12.4. The van der Waals surface area contributed by atoms with Crippen LogP contribution < -0.4 is 16.1 Å². The zero-order valence-corrected chi connectivity index (χ0v) is 14.0. The third-order valence-corrected chi connectivity index (χ3v) is 4.64. The van der Waals surface area contributed by atoms with Crippen LogP contribution in [0.5, 0.6) is 5.88 Å². The summed E-state index contributed by atoms with van der Waals surface area (Å²) in [5.41, 5.74) is -0.289. The molecule has 3 aromatic rings. The van der Waals surface area contributed by atoms with Crippen LogP contribution in [0.1, 0.15) is 5.56 Å². The highest BCUT2D eigenvalue weighted by Crippen LogP contribution is 2.28. The van der Waals surface area contributed by atoms with Gasteiger partial charge in [-0.1, -0.05) is 41.4 Å². The van der Waals surface area contributed by atoms with Gasteiger partial charge < -0.3 is 5.11 Å². The summed E-state index contributed by atoms with van der Waals surface area (Å²) in [5, 5.41) is 14.6. The van der Waals surface area contributed by atoms with E-state index in [2.05, 4.69) is 10.1 Å². The number of halogens is 2. The second-order valence-electron chi connectivity index (χ2n) is 5.38. The van der Waals surface area contributed by atoms with Crippen molar-refractivity contribution in [3.05, 3.63) is 79.0 Å². The van der Waals surface area contributed by atoms with Gasteiger partial charge in [0.2, 0.25) is 5.88 Å². The Hall–Kier alpha value is -2.83. The first-order valence-corrected chi connectivity index (χ1v) is 7.95. The fraction of sp³-hybridized carbons (Fsp3) is 0. The number of amides is 1. The van der Waals surface area contributed by atoms with Gasteiger partial charge in [-0.2, -0.15) is 0 Å². The minimum atomic E-state index is -0.612. The smallest absolute Gasteiger partial charge is 0.279 e. The molecule has 2 heterocycles. The minimum Gasteiger partial charge on any atom is -0.493 e. The number of aromatic hydroxyl groups is 1. The van der Waals surface area contributed by atoms with Crippen LogP contribution >= 0.6 is 23.2 Å². The average Bonchev–Trinajstić information content (AvgIpc) is 3.06. The van der Waals surface area contributed by atoms with Gasteiger partial charge in [-0.25, -0.2) is 9.67 Å². The third-order valence-electron chi connectivity index (χ3n) is 3.90. The second-order valence-corrected chi connectivity index (χ2v) is 6.20. The normalized spacial score (nSPS) is 13.0. The van der Waals surface area contributed by atoms with Crippen LogP contribution in [-0.2, 0) is 4.79 Å². The molecule has 0 radical (unpaired) electrons. The van der Waals surface area contributed by atoms with E-state index >= 15 is 0 Å². The molecule has 0 saturated carbocycles. The third kappa shape index (κ3) is 2.38. The number of para-hydroxylation sites is 1. The van der Waals surface area contributed by atoms with Crippen molar-refractivity contribution in [1.29, 1.82) is 0 Å². The van der Waals surface area contributed by atoms with Gasteiger partial charge in [0.1, 0.15) is 5.56 Å². The average molecular weight is 374 g/mol. The molecule has 0 bridgehead atoms. The lowest BCUT2D eigenvalue weighted by molar-refractivity contribution is -0.112. The van der Waals surface area contributed by atoms with Crippen LogP contribution in [0, 0.1) is 0 Å².